The van der Waals surface area contributed by atoms with E-state index in [0.29, 0.717) is 16.8 Å². The van der Waals surface area contributed by atoms with Gasteiger partial charge in [0.2, 0.25) is 11.8 Å². The van der Waals surface area contributed by atoms with Crippen LogP contribution in [-0.2, 0) is 0 Å². The smallest absolute Gasteiger partial charge is 0.332 e. The molecule has 1 atom stereocenters. The van der Waals surface area contributed by atoms with Gasteiger partial charge in [-0.2, -0.15) is 16.7 Å². The van der Waals surface area contributed by atoms with Crippen molar-refractivity contribution in [2.24, 2.45) is 0 Å². The predicted molar refractivity (Wildman–Crippen MR) is 76.6 cm³/mol. The molecule has 0 aromatic carbocycles. The van der Waals surface area contributed by atoms with Gasteiger partial charge in [-0.3, -0.25) is 10.1 Å². The average Bonchev–Trinajstić information content (AvgIpc) is 2.37. The van der Waals surface area contributed by atoms with Crippen molar-refractivity contribution in [3.63, 3.8) is 0 Å². The fourth-order valence-corrected chi connectivity index (χ4v) is 3.35. The molecule has 1 aliphatic rings. The van der Waals surface area contributed by atoms with Crippen LogP contribution < -0.4 is 10.6 Å². The molecule has 1 aromatic rings. The van der Waals surface area contributed by atoms with Crippen molar-refractivity contribution in [1.82, 2.24) is 9.97 Å². The second-order valence-electron chi connectivity index (χ2n) is 4.44. The van der Waals surface area contributed by atoms with Gasteiger partial charge in [-0.25, -0.2) is 4.98 Å². The summed E-state index contributed by atoms with van der Waals surface area (Å²) in [5.41, 5.74) is 5.91. The molecule has 1 saturated heterocycles. The van der Waals surface area contributed by atoms with Crippen LogP contribution in [0, 0.1) is 17.0 Å². The van der Waals surface area contributed by atoms with Crippen molar-refractivity contribution >= 4 is 29.2 Å². The highest BCUT2D eigenvalue weighted by molar-refractivity contribution is 8.00. The molecule has 8 heteroatoms. The normalized spacial score (nSPS) is 19.5. The second-order valence-corrected chi connectivity index (χ2v) is 5.85. The minimum Gasteiger partial charge on any atom is -0.368 e. The van der Waals surface area contributed by atoms with Gasteiger partial charge < -0.3 is 10.6 Å². The number of hydrogen-bond donors (Lipinski definition) is 1. The molecule has 1 unspecified atom stereocenters. The first-order valence-electron chi connectivity index (χ1n) is 6.18. The first-order valence-corrected chi connectivity index (χ1v) is 7.22. The van der Waals surface area contributed by atoms with Crippen LogP contribution in [0.25, 0.3) is 0 Å². The van der Waals surface area contributed by atoms with Crippen LogP contribution in [0.15, 0.2) is 0 Å². The van der Waals surface area contributed by atoms with Gasteiger partial charge in [-0.05, 0) is 13.3 Å². The molecular formula is C11H17N5O2S. The van der Waals surface area contributed by atoms with Gasteiger partial charge in [-0.15, -0.1) is 0 Å². The highest BCUT2D eigenvalue weighted by Gasteiger charge is 2.29. The third-order valence-corrected chi connectivity index (χ3v) is 4.51. The molecule has 0 amide bonds. The monoisotopic (exact) mass is 283 g/mol. The maximum absolute atomic E-state index is 11.2. The zero-order valence-corrected chi connectivity index (χ0v) is 11.8. The van der Waals surface area contributed by atoms with Gasteiger partial charge in [0, 0.05) is 24.1 Å². The lowest BCUT2D eigenvalue weighted by Crippen LogP contribution is -2.38. The summed E-state index contributed by atoms with van der Waals surface area (Å²) in [6.45, 7) is 5.22. The molecule has 2 heterocycles. The molecule has 0 aliphatic carbocycles. The van der Waals surface area contributed by atoms with Crippen molar-refractivity contribution in [2.75, 3.05) is 29.5 Å². The van der Waals surface area contributed by atoms with E-state index in [9.17, 15) is 10.1 Å². The Balaban J connectivity index is 2.40. The molecule has 1 aliphatic heterocycles. The van der Waals surface area contributed by atoms with Crippen LogP contribution in [0.1, 0.15) is 19.0 Å². The lowest BCUT2D eigenvalue weighted by atomic mass is 10.2. The molecule has 0 saturated carbocycles. The van der Waals surface area contributed by atoms with Crippen LogP contribution in [0.5, 0.6) is 0 Å². The summed E-state index contributed by atoms with van der Waals surface area (Å²) in [5.74, 6) is 1.39. The number of anilines is 2. The maximum atomic E-state index is 11.2. The molecule has 0 radical (unpaired) electrons. The Labute approximate surface area is 115 Å². The van der Waals surface area contributed by atoms with E-state index in [1.54, 1.807) is 6.92 Å². The topological polar surface area (TPSA) is 98.2 Å². The maximum Gasteiger partial charge on any atom is 0.332 e. The minimum atomic E-state index is -0.424. The van der Waals surface area contributed by atoms with Crippen LogP contribution in [-0.4, -0.2) is 39.0 Å². The summed E-state index contributed by atoms with van der Waals surface area (Å²) in [5, 5.41) is 11.7. The summed E-state index contributed by atoms with van der Waals surface area (Å²) < 4.78 is 0. The van der Waals surface area contributed by atoms with Gasteiger partial charge in [0.25, 0.3) is 0 Å². The zero-order valence-electron chi connectivity index (χ0n) is 11.0. The van der Waals surface area contributed by atoms with Crippen molar-refractivity contribution in [3.8, 4) is 0 Å². The van der Waals surface area contributed by atoms with E-state index in [4.69, 9.17) is 5.73 Å². The van der Waals surface area contributed by atoms with E-state index in [0.717, 1.165) is 25.3 Å². The van der Waals surface area contributed by atoms with Gasteiger partial charge in [-0.1, -0.05) is 6.92 Å². The number of rotatable bonds is 3. The van der Waals surface area contributed by atoms with Gasteiger partial charge in [0.15, 0.2) is 0 Å². The van der Waals surface area contributed by atoms with Gasteiger partial charge in [0.1, 0.15) is 5.69 Å². The van der Waals surface area contributed by atoms with Crippen molar-refractivity contribution in [1.29, 1.82) is 0 Å². The number of thioether (sulfide) groups is 1. The van der Waals surface area contributed by atoms with Crippen molar-refractivity contribution in [3.05, 3.63) is 15.8 Å². The summed E-state index contributed by atoms with van der Waals surface area (Å²) in [7, 11) is 0. The van der Waals surface area contributed by atoms with E-state index in [1.807, 2.05) is 16.7 Å². The highest BCUT2D eigenvalue weighted by Crippen LogP contribution is 2.32. The van der Waals surface area contributed by atoms with E-state index in [1.165, 1.54) is 0 Å². The third kappa shape index (κ3) is 2.89. The van der Waals surface area contributed by atoms with E-state index >= 15 is 0 Å². The summed E-state index contributed by atoms with van der Waals surface area (Å²) in [6, 6.07) is 0. The molecule has 1 fully saturated rings. The van der Waals surface area contributed by atoms with Crippen LogP contribution in [0.4, 0.5) is 17.5 Å². The highest BCUT2D eigenvalue weighted by atomic mass is 32.2. The number of nitrogens with two attached hydrogens (primary N) is 1. The molecule has 104 valence electrons. The summed E-state index contributed by atoms with van der Waals surface area (Å²) in [4.78, 5) is 20.7. The summed E-state index contributed by atoms with van der Waals surface area (Å²) in [6.07, 6.45) is 1.04. The number of nitro groups is 1. The fraction of sp³-hybridized carbons (Fsp3) is 0.636. The molecule has 19 heavy (non-hydrogen) atoms. The quantitative estimate of drug-likeness (QED) is 0.664. The molecule has 1 aromatic heterocycles. The van der Waals surface area contributed by atoms with Crippen molar-refractivity contribution < 1.29 is 4.92 Å². The molecule has 2 rings (SSSR count). The molecule has 0 bridgehead atoms. The number of hydrogen-bond acceptors (Lipinski definition) is 7. The van der Waals surface area contributed by atoms with E-state index in [2.05, 4.69) is 16.9 Å². The Hall–Kier alpha value is -1.57. The number of aromatic nitrogens is 2. The zero-order chi connectivity index (χ0) is 14.0. The first-order chi connectivity index (χ1) is 9.02. The van der Waals surface area contributed by atoms with Crippen molar-refractivity contribution in [2.45, 2.75) is 25.5 Å². The average molecular weight is 283 g/mol. The Morgan fingerprint density at radius 1 is 1.58 bits per heavy atom. The molecular weight excluding hydrogens is 266 g/mol. The van der Waals surface area contributed by atoms with Crippen LogP contribution in [0.3, 0.4) is 0 Å². The Bertz CT molecular complexity index is 496. The first kappa shape index (κ1) is 13.9. The van der Waals surface area contributed by atoms with Gasteiger partial charge in [0.05, 0.1) is 4.92 Å². The van der Waals surface area contributed by atoms with Crippen LogP contribution >= 0.6 is 11.8 Å². The Morgan fingerprint density at radius 3 is 2.95 bits per heavy atom. The Morgan fingerprint density at radius 2 is 2.32 bits per heavy atom. The lowest BCUT2D eigenvalue weighted by Gasteiger charge is -2.32. The van der Waals surface area contributed by atoms with Crippen LogP contribution in [0.2, 0.25) is 0 Å². The lowest BCUT2D eigenvalue weighted by molar-refractivity contribution is -0.385. The minimum absolute atomic E-state index is 0.0315. The predicted octanol–water partition coefficient (Wildman–Crippen LogP) is 1.61. The van der Waals surface area contributed by atoms with E-state index in [-0.39, 0.29) is 11.6 Å². The number of aryl methyl sites for hydroxylation is 1. The molecule has 7 nitrogen and oxygen atoms in total. The fourth-order valence-electron chi connectivity index (χ4n) is 2.17. The summed E-state index contributed by atoms with van der Waals surface area (Å²) >= 11 is 1.90. The molecule has 0 spiro atoms. The second kappa shape index (κ2) is 5.60. The Kier molecular flexibility index (Phi) is 4.08. The number of nitrogen functional groups attached to an aromatic ring is 1. The number of nitrogens with zero attached hydrogens (tertiary/aromatic N) is 4. The van der Waals surface area contributed by atoms with E-state index < -0.39 is 4.92 Å². The molecule has 2 N–H and O–H groups in total. The third-order valence-electron chi connectivity index (χ3n) is 3.13. The SMILES string of the molecule is CCC1CN(c2nc(N)nc(C)c2[N+](=O)[O-])CCS1. The largest absolute Gasteiger partial charge is 0.368 e. The standard InChI is InChI=1S/C11H17N5O2S/c1-3-8-6-15(4-5-19-8)10-9(16(17)18)7(2)13-11(12)14-10/h8H,3-6H2,1-2H3,(H2,12,13,14). The van der Waals surface area contributed by atoms with Gasteiger partial charge >= 0.3 is 5.69 Å².